The number of anilines is 1. The number of aromatic nitrogens is 3. The van der Waals surface area contributed by atoms with Crippen LogP contribution in [0, 0.1) is 0 Å². The summed E-state index contributed by atoms with van der Waals surface area (Å²) in [4.78, 5) is 14.5. The molecule has 0 unspecified atom stereocenters. The van der Waals surface area contributed by atoms with E-state index in [0.717, 1.165) is 31.4 Å². The number of carbonyl (C=O) groups is 1. The molecule has 1 heterocycles. The number of nitrogens with one attached hydrogen (secondary N) is 1. The molecule has 1 saturated carbocycles. The van der Waals surface area contributed by atoms with Gasteiger partial charge in [-0.2, -0.15) is 0 Å². The predicted octanol–water partition coefficient (Wildman–Crippen LogP) is 1.98. The number of likely N-dealkylation sites (N-methyl/N-ethyl adjacent to an activating group) is 1. The maximum atomic E-state index is 12.4. The van der Waals surface area contributed by atoms with Crippen LogP contribution < -0.4 is 16.0 Å². The van der Waals surface area contributed by atoms with Gasteiger partial charge in [-0.3, -0.25) is 4.79 Å². The quantitative estimate of drug-likeness (QED) is 0.826. The molecule has 1 atom stereocenters. The number of nitrogens with zero attached hydrogens (tertiary/aromatic N) is 4. The zero-order valence-electron chi connectivity index (χ0n) is 15.5. The van der Waals surface area contributed by atoms with Gasteiger partial charge in [0.25, 0.3) is 5.91 Å². The summed E-state index contributed by atoms with van der Waals surface area (Å²) >= 11 is 0. The molecule has 1 aliphatic rings. The van der Waals surface area contributed by atoms with Crippen LogP contribution >= 0.6 is 0 Å². The van der Waals surface area contributed by atoms with E-state index in [-0.39, 0.29) is 11.9 Å². The van der Waals surface area contributed by atoms with Crippen molar-refractivity contribution in [1.82, 2.24) is 20.3 Å². The third-order valence-electron chi connectivity index (χ3n) is 5.24. The Kier molecular flexibility index (Phi) is 5.88. The molecule has 7 nitrogen and oxygen atoms in total. The average Bonchev–Trinajstić information content (AvgIpc) is 3.16. The molecule has 140 valence electrons. The van der Waals surface area contributed by atoms with Crippen LogP contribution in [0.25, 0.3) is 0 Å². The summed E-state index contributed by atoms with van der Waals surface area (Å²) in [6, 6.07) is 10.9. The van der Waals surface area contributed by atoms with Crippen molar-refractivity contribution in [2.45, 2.75) is 50.7 Å². The smallest absolute Gasteiger partial charge is 0.273 e. The van der Waals surface area contributed by atoms with E-state index in [9.17, 15) is 4.79 Å². The fraction of sp³-hybridized carbons (Fsp3) is 0.526. The Labute approximate surface area is 154 Å². The number of hydrogen-bond acceptors (Lipinski definition) is 5. The molecule has 26 heavy (non-hydrogen) atoms. The highest BCUT2D eigenvalue weighted by Crippen LogP contribution is 2.26. The van der Waals surface area contributed by atoms with Crippen molar-refractivity contribution in [3.8, 4) is 0 Å². The van der Waals surface area contributed by atoms with Gasteiger partial charge in [0.05, 0.1) is 12.2 Å². The summed E-state index contributed by atoms with van der Waals surface area (Å²) in [6.07, 6.45) is 5.72. The van der Waals surface area contributed by atoms with E-state index in [0.29, 0.717) is 24.3 Å². The van der Waals surface area contributed by atoms with Crippen LogP contribution in [0.4, 0.5) is 5.69 Å². The first-order valence-corrected chi connectivity index (χ1v) is 9.28. The monoisotopic (exact) mass is 356 g/mol. The Morgan fingerprint density at radius 2 is 2.00 bits per heavy atom. The molecule has 7 heteroatoms. The number of amides is 1. The molecule has 0 bridgehead atoms. The second-order valence-electron chi connectivity index (χ2n) is 7.16. The summed E-state index contributed by atoms with van der Waals surface area (Å²) < 4.78 is 1.82. The highest BCUT2D eigenvalue weighted by atomic mass is 16.2. The van der Waals surface area contributed by atoms with Gasteiger partial charge in [0, 0.05) is 31.4 Å². The van der Waals surface area contributed by atoms with Gasteiger partial charge in [-0.25, -0.2) is 4.68 Å². The van der Waals surface area contributed by atoms with Crippen molar-refractivity contribution in [2.24, 2.45) is 5.73 Å². The van der Waals surface area contributed by atoms with Gasteiger partial charge in [0.1, 0.15) is 0 Å². The third kappa shape index (κ3) is 4.40. The maximum Gasteiger partial charge on any atom is 0.273 e. The van der Waals surface area contributed by atoms with Crippen LogP contribution in [0.3, 0.4) is 0 Å². The van der Waals surface area contributed by atoms with Gasteiger partial charge in [-0.15, -0.1) is 5.10 Å². The number of rotatable bonds is 6. The lowest BCUT2D eigenvalue weighted by molar-refractivity contribution is 0.0946. The van der Waals surface area contributed by atoms with Crippen molar-refractivity contribution >= 4 is 11.6 Å². The van der Waals surface area contributed by atoms with Gasteiger partial charge in [-0.1, -0.05) is 23.4 Å². The average molecular weight is 356 g/mol. The summed E-state index contributed by atoms with van der Waals surface area (Å²) in [7, 11) is 2.02. The molecule has 1 aromatic carbocycles. The maximum absolute atomic E-state index is 12.4. The molecular formula is C19H28N6O. The Morgan fingerprint density at radius 3 is 2.69 bits per heavy atom. The molecule has 0 radical (unpaired) electrons. The Morgan fingerprint density at radius 1 is 1.31 bits per heavy atom. The first kappa shape index (κ1) is 18.4. The van der Waals surface area contributed by atoms with Gasteiger partial charge in [0.15, 0.2) is 5.69 Å². The van der Waals surface area contributed by atoms with Crippen molar-refractivity contribution < 1.29 is 4.79 Å². The summed E-state index contributed by atoms with van der Waals surface area (Å²) in [6.45, 7) is 2.62. The van der Waals surface area contributed by atoms with Crippen molar-refractivity contribution in [3.05, 3.63) is 42.2 Å². The molecule has 0 saturated heterocycles. The Hall–Kier alpha value is -2.41. The largest absolute Gasteiger partial charge is 0.370 e. The fourth-order valence-electron chi connectivity index (χ4n) is 3.31. The van der Waals surface area contributed by atoms with E-state index in [1.165, 1.54) is 0 Å². The molecule has 0 aliphatic heterocycles. The standard InChI is InChI=1S/C19H28N6O/c1-14(24(2)16-6-4-3-5-7-16)12-21-19(26)18-13-25(23-22-18)17-10-8-15(20)9-11-17/h3-7,13-15,17H,8-12,20H2,1-2H3,(H,21,26)/t14-,15?,17?/m0/s1. The van der Waals surface area contributed by atoms with Crippen molar-refractivity contribution in [3.63, 3.8) is 0 Å². The molecule has 3 rings (SSSR count). The molecule has 1 amide bonds. The van der Waals surface area contributed by atoms with Crippen molar-refractivity contribution in [1.29, 1.82) is 0 Å². The van der Waals surface area contributed by atoms with Gasteiger partial charge >= 0.3 is 0 Å². The SMILES string of the molecule is C[C@@H](CNC(=O)c1cn(C2CCC(N)CC2)nn1)N(C)c1ccccc1. The summed E-state index contributed by atoms with van der Waals surface area (Å²) in [5, 5.41) is 11.2. The minimum atomic E-state index is -0.183. The van der Waals surface area contributed by atoms with Crippen LogP contribution in [0.1, 0.15) is 49.1 Å². The van der Waals surface area contributed by atoms with Gasteiger partial charge in [-0.05, 0) is 44.7 Å². The zero-order chi connectivity index (χ0) is 18.5. The van der Waals surface area contributed by atoms with Crippen LogP contribution in [-0.4, -0.2) is 46.6 Å². The van der Waals surface area contributed by atoms with E-state index in [2.05, 4.69) is 39.6 Å². The van der Waals surface area contributed by atoms with Crippen LogP contribution in [0.5, 0.6) is 0 Å². The molecule has 1 aromatic heterocycles. The molecule has 1 aliphatic carbocycles. The Balaban J connectivity index is 1.52. The number of hydrogen-bond donors (Lipinski definition) is 2. The van der Waals surface area contributed by atoms with E-state index < -0.39 is 0 Å². The normalized spacial score (nSPS) is 21.2. The van der Waals surface area contributed by atoms with E-state index in [1.807, 2.05) is 29.9 Å². The van der Waals surface area contributed by atoms with Crippen molar-refractivity contribution in [2.75, 3.05) is 18.5 Å². The predicted molar refractivity (Wildman–Crippen MR) is 102 cm³/mol. The highest BCUT2D eigenvalue weighted by molar-refractivity contribution is 5.91. The highest BCUT2D eigenvalue weighted by Gasteiger charge is 2.22. The minimum absolute atomic E-state index is 0.163. The van der Waals surface area contributed by atoms with Crippen LogP contribution in [0.15, 0.2) is 36.5 Å². The minimum Gasteiger partial charge on any atom is -0.370 e. The zero-order valence-corrected chi connectivity index (χ0v) is 15.5. The van der Waals surface area contributed by atoms with Crippen LogP contribution in [0.2, 0.25) is 0 Å². The number of para-hydroxylation sites is 1. The lowest BCUT2D eigenvalue weighted by Gasteiger charge is -2.27. The number of carbonyl (C=O) groups excluding carboxylic acids is 1. The third-order valence-corrected chi connectivity index (χ3v) is 5.24. The number of benzene rings is 1. The summed E-state index contributed by atoms with van der Waals surface area (Å²) in [5.74, 6) is -0.183. The van der Waals surface area contributed by atoms with E-state index in [1.54, 1.807) is 6.20 Å². The number of nitrogens with two attached hydrogens (primary N) is 1. The molecule has 2 aromatic rings. The molecule has 0 spiro atoms. The molecular weight excluding hydrogens is 328 g/mol. The van der Waals surface area contributed by atoms with Gasteiger partial charge < -0.3 is 16.0 Å². The Bertz CT molecular complexity index is 708. The second kappa shape index (κ2) is 8.31. The summed E-state index contributed by atoms with van der Waals surface area (Å²) in [5.41, 5.74) is 7.44. The fourth-order valence-corrected chi connectivity index (χ4v) is 3.31. The lowest BCUT2D eigenvalue weighted by Crippen LogP contribution is -2.40. The first-order valence-electron chi connectivity index (χ1n) is 9.28. The lowest BCUT2D eigenvalue weighted by atomic mass is 9.92. The van der Waals surface area contributed by atoms with Crippen LogP contribution in [-0.2, 0) is 0 Å². The van der Waals surface area contributed by atoms with E-state index >= 15 is 0 Å². The topological polar surface area (TPSA) is 89.1 Å². The second-order valence-corrected chi connectivity index (χ2v) is 7.16. The molecule has 3 N–H and O–H groups in total. The first-order chi connectivity index (χ1) is 12.5. The molecule has 1 fully saturated rings. The van der Waals surface area contributed by atoms with Gasteiger partial charge in [0.2, 0.25) is 0 Å². The van der Waals surface area contributed by atoms with E-state index in [4.69, 9.17) is 5.73 Å².